The molecule has 1 heterocycles. The molecule has 0 aromatic carbocycles. The Kier molecular flexibility index (Phi) is 6.94. The number of rotatable bonds is 9. The number of nitrogens with two attached hydrogens (primary N) is 1. The summed E-state index contributed by atoms with van der Waals surface area (Å²) in [6, 6.07) is 0. The van der Waals surface area contributed by atoms with Gasteiger partial charge in [0.1, 0.15) is 0 Å². The fourth-order valence-corrected chi connectivity index (χ4v) is 2.48. The van der Waals surface area contributed by atoms with Gasteiger partial charge in [0.2, 0.25) is 0 Å². The van der Waals surface area contributed by atoms with E-state index >= 15 is 0 Å². The molecule has 0 amide bonds. The second kappa shape index (κ2) is 8.25. The first-order valence-corrected chi connectivity index (χ1v) is 7.40. The van der Waals surface area contributed by atoms with Crippen molar-refractivity contribution in [3.05, 3.63) is 11.4 Å². The second-order valence-corrected chi connectivity index (χ2v) is 4.92. The van der Waals surface area contributed by atoms with Crippen LogP contribution in [0.3, 0.4) is 0 Å². The van der Waals surface area contributed by atoms with Gasteiger partial charge in [0.15, 0.2) is 0 Å². The standard InChI is InChI=1S/C14H28N4/c1-4-7-8-9-10-18-14(12(5-2)6-3)13(11-15)16-17-18/h12H,4-11,15H2,1-3H3. The van der Waals surface area contributed by atoms with E-state index in [0.717, 1.165) is 25.1 Å². The van der Waals surface area contributed by atoms with Gasteiger partial charge in [0.05, 0.1) is 11.4 Å². The molecule has 0 saturated carbocycles. The normalized spacial score (nSPS) is 11.4. The largest absolute Gasteiger partial charge is 0.325 e. The molecule has 0 unspecified atom stereocenters. The van der Waals surface area contributed by atoms with E-state index in [0.29, 0.717) is 12.5 Å². The van der Waals surface area contributed by atoms with Gasteiger partial charge in [-0.25, -0.2) is 4.68 Å². The summed E-state index contributed by atoms with van der Waals surface area (Å²) >= 11 is 0. The Morgan fingerprint density at radius 2 is 1.83 bits per heavy atom. The van der Waals surface area contributed by atoms with E-state index < -0.39 is 0 Å². The molecule has 0 spiro atoms. The van der Waals surface area contributed by atoms with Crippen LogP contribution in [0.1, 0.15) is 76.6 Å². The molecular weight excluding hydrogens is 224 g/mol. The number of hydrogen-bond donors (Lipinski definition) is 1. The molecule has 104 valence electrons. The average Bonchev–Trinajstić information content (AvgIpc) is 2.80. The summed E-state index contributed by atoms with van der Waals surface area (Å²) in [4.78, 5) is 0. The third-order valence-electron chi connectivity index (χ3n) is 3.64. The van der Waals surface area contributed by atoms with Crippen molar-refractivity contribution < 1.29 is 0 Å². The molecule has 0 fully saturated rings. The van der Waals surface area contributed by atoms with Crippen LogP contribution in [0.2, 0.25) is 0 Å². The summed E-state index contributed by atoms with van der Waals surface area (Å²) in [5.41, 5.74) is 8.03. The molecule has 0 atom stereocenters. The average molecular weight is 252 g/mol. The van der Waals surface area contributed by atoms with Gasteiger partial charge >= 0.3 is 0 Å². The van der Waals surface area contributed by atoms with E-state index in [1.807, 2.05) is 0 Å². The van der Waals surface area contributed by atoms with Gasteiger partial charge in [-0.05, 0) is 19.3 Å². The molecule has 1 aromatic heterocycles. The number of hydrogen-bond acceptors (Lipinski definition) is 3. The molecule has 4 nitrogen and oxygen atoms in total. The van der Waals surface area contributed by atoms with Crippen molar-refractivity contribution in [2.75, 3.05) is 0 Å². The Morgan fingerprint density at radius 1 is 1.11 bits per heavy atom. The highest BCUT2D eigenvalue weighted by Gasteiger charge is 2.18. The molecule has 0 radical (unpaired) electrons. The maximum absolute atomic E-state index is 5.77. The van der Waals surface area contributed by atoms with Crippen LogP contribution in [-0.4, -0.2) is 15.0 Å². The topological polar surface area (TPSA) is 56.7 Å². The molecule has 1 aromatic rings. The van der Waals surface area contributed by atoms with Crippen molar-refractivity contribution >= 4 is 0 Å². The predicted octanol–water partition coefficient (Wildman–Crippen LogP) is 3.22. The Morgan fingerprint density at radius 3 is 2.39 bits per heavy atom. The summed E-state index contributed by atoms with van der Waals surface area (Å²) in [6.07, 6.45) is 7.30. The fraction of sp³-hybridized carbons (Fsp3) is 0.857. The van der Waals surface area contributed by atoms with Crippen LogP contribution in [0.15, 0.2) is 0 Å². The Hall–Kier alpha value is -0.900. The highest BCUT2D eigenvalue weighted by Crippen LogP contribution is 2.25. The predicted molar refractivity (Wildman–Crippen MR) is 75.4 cm³/mol. The maximum Gasteiger partial charge on any atom is 0.0997 e. The van der Waals surface area contributed by atoms with Crippen molar-refractivity contribution in [2.24, 2.45) is 5.73 Å². The first-order chi connectivity index (χ1) is 8.78. The van der Waals surface area contributed by atoms with Gasteiger partial charge in [-0.3, -0.25) is 0 Å². The van der Waals surface area contributed by atoms with Gasteiger partial charge in [-0.1, -0.05) is 45.2 Å². The minimum atomic E-state index is 0.501. The Balaban J connectivity index is 2.74. The molecule has 0 aliphatic rings. The molecule has 0 aliphatic heterocycles. The smallest absolute Gasteiger partial charge is 0.0997 e. The SMILES string of the molecule is CCCCCCn1nnc(CN)c1C(CC)CC. The van der Waals surface area contributed by atoms with Crippen LogP contribution < -0.4 is 5.73 Å². The molecule has 1 rings (SSSR count). The van der Waals surface area contributed by atoms with E-state index in [-0.39, 0.29) is 0 Å². The summed E-state index contributed by atoms with van der Waals surface area (Å²) in [7, 11) is 0. The van der Waals surface area contributed by atoms with Gasteiger partial charge < -0.3 is 5.73 Å². The van der Waals surface area contributed by atoms with Gasteiger partial charge in [-0.2, -0.15) is 0 Å². The monoisotopic (exact) mass is 252 g/mol. The lowest BCUT2D eigenvalue weighted by Crippen LogP contribution is -2.12. The lowest BCUT2D eigenvalue weighted by molar-refractivity contribution is 0.482. The number of aryl methyl sites for hydroxylation is 1. The first kappa shape index (κ1) is 15.2. The van der Waals surface area contributed by atoms with E-state index in [1.165, 1.54) is 31.4 Å². The van der Waals surface area contributed by atoms with Crippen molar-refractivity contribution in [3.63, 3.8) is 0 Å². The summed E-state index contributed by atoms with van der Waals surface area (Å²) < 4.78 is 2.09. The van der Waals surface area contributed by atoms with Crippen molar-refractivity contribution in [1.82, 2.24) is 15.0 Å². The third kappa shape index (κ3) is 3.80. The number of aromatic nitrogens is 3. The van der Waals surface area contributed by atoms with Gasteiger partial charge in [0, 0.05) is 19.0 Å². The summed E-state index contributed by atoms with van der Waals surface area (Å²) in [5.74, 6) is 0.546. The minimum Gasteiger partial charge on any atom is -0.325 e. The first-order valence-electron chi connectivity index (χ1n) is 7.40. The van der Waals surface area contributed by atoms with Crippen LogP contribution >= 0.6 is 0 Å². The van der Waals surface area contributed by atoms with E-state index in [9.17, 15) is 0 Å². The third-order valence-corrected chi connectivity index (χ3v) is 3.64. The maximum atomic E-state index is 5.77. The highest BCUT2D eigenvalue weighted by atomic mass is 15.4. The lowest BCUT2D eigenvalue weighted by Gasteiger charge is -2.15. The summed E-state index contributed by atoms with van der Waals surface area (Å²) in [5, 5.41) is 8.53. The van der Waals surface area contributed by atoms with E-state index in [1.54, 1.807) is 0 Å². The number of unbranched alkanes of at least 4 members (excludes halogenated alkanes) is 3. The molecule has 2 N–H and O–H groups in total. The Bertz CT molecular complexity index is 329. The van der Waals surface area contributed by atoms with Crippen LogP contribution in [0.25, 0.3) is 0 Å². The van der Waals surface area contributed by atoms with Crippen molar-refractivity contribution in [2.45, 2.75) is 78.3 Å². The highest BCUT2D eigenvalue weighted by molar-refractivity contribution is 5.15. The molecule has 0 bridgehead atoms. The molecule has 0 aliphatic carbocycles. The zero-order valence-electron chi connectivity index (χ0n) is 12.2. The van der Waals surface area contributed by atoms with Crippen LogP contribution in [0, 0.1) is 0 Å². The molecule has 0 saturated heterocycles. The number of nitrogens with zero attached hydrogens (tertiary/aromatic N) is 3. The summed E-state index contributed by atoms with van der Waals surface area (Å²) in [6.45, 7) is 8.17. The second-order valence-electron chi connectivity index (χ2n) is 4.92. The zero-order chi connectivity index (χ0) is 13.4. The molecule has 4 heteroatoms. The Labute approximate surface area is 111 Å². The van der Waals surface area contributed by atoms with Crippen LogP contribution in [-0.2, 0) is 13.1 Å². The molecular formula is C14H28N4. The quantitative estimate of drug-likeness (QED) is 0.686. The zero-order valence-corrected chi connectivity index (χ0v) is 12.2. The lowest BCUT2D eigenvalue weighted by atomic mass is 9.97. The molecule has 18 heavy (non-hydrogen) atoms. The van der Waals surface area contributed by atoms with Crippen LogP contribution in [0.4, 0.5) is 0 Å². The van der Waals surface area contributed by atoms with Crippen molar-refractivity contribution in [1.29, 1.82) is 0 Å². The van der Waals surface area contributed by atoms with E-state index in [4.69, 9.17) is 5.73 Å². The van der Waals surface area contributed by atoms with Gasteiger partial charge in [-0.15, -0.1) is 5.10 Å². The van der Waals surface area contributed by atoms with Crippen LogP contribution in [0.5, 0.6) is 0 Å². The van der Waals surface area contributed by atoms with Crippen molar-refractivity contribution in [3.8, 4) is 0 Å². The van der Waals surface area contributed by atoms with E-state index in [2.05, 4.69) is 35.8 Å². The van der Waals surface area contributed by atoms with Gasteiger partial charge in [0.25, 0.3) is 0 Å². The minimum absolute atomic E-state index is 0.501. The fourth-order valence-electron chi connectivity index (χ4n) is 2.48.